The number of benzene rings is 3. The summed E-state index contributed by atoms with van der Waals surface area (Å²) in [5, 5.41) is 14.4. The summed E-state index contributed by atoms with van der Waals surface area (Å²) in [6.45, 7) is 1.84. The highest BCUT2D eigenvalue weighted by atomic mass is 15.5. The summed E-state index contributed by atoms with van der Waals surface area (Å²) in [5.74, 6) is 1.22. The summed E-state index contributed by atoms with van der Waals surface area (Å²) in [6, 6.07) is 28.0. The van der Waals surface area contributed by atoms with Crippen LogP contribution in [-0.2, 0) is 13.0 Å². The maximum atomic E-state index is 4.08. The number of hydrogen-bond donors (Lipinski definition) is 1. The minimum atomic E-state index is 0.384. The Hall–Kier alpha value is -3.47. The van der Waals surface area contributed by atoms with Gasteiger partial charge in [0.2, 0.25) is 0 Å². The second-order valence-electron chi connectivity index (χ2n) is 7.21. The Morgan fingerprint density at radius 1 is 0.893 bits per heavy atom. The Balaban J connectivity index is 1.45. The van der Waals surface area contributed by atoms with E-state index in [2.05, 4.69) is 104 Å². The Morgan fingerprint density at radius 2 is 1.68 bits per heavy atom. The summed E-state index contributed by atoms with van der Waals surface area (Å²) in [5.41, 5.74) is 6.57. The van der Waals surface area contributed by atoms with E-state index in [1.54, 1.807) is 0 Å². The van der Waals surface area contributed by atoms with E-state index in [1.165, 1.54) is 27.9 Å². The molecule has 1 aromatic heterocycles. The molecular formula is C23H21N5. The lowest BCUT2D eigenvalue weighted by atomic mass is 9.98. The molecule has 0 saturated heterocycles. The summed E-state index contributed by atoms with van der Waals surface area (Å²) in [4.78, 5) is 2.48. The smallest absolute Gasteiger partial charge is 0.149 e. The lowest BCUT2D eigenvalue weighted by Gasteiger charge is -2.22. The molecule has 0 saturated carbocycles. The average Bonchev–Trinajstić information content (AvgIpc) is 3.38. The number of fused-ring (bicyclic) bond motifs is 1. The zero-order valence-corrected chi connectivity index (χ0v) is 15.5. The molecule has 0 spiro atoms. The van der Waals surface area contributed by atoms with Crippen molar-refractivity contribution in [2.75, 3.05) is 11.4 Å². The van der Waals surface area contributed by atoms with Gasteiger partial charge in [-0.1, -0.05) is 72.8 Å². The average molecular weight is 367 g/mol. The Bertz CT molecular complexity index is 1060. The monoisotopic (exact) mass is 367 g/mol. The molecule has 1 atom stereocenters. The molecule has 5 nitrogen and oxygen atoms in total. The van der Waals surface area contributed by atoms with Crippen LogP contribution in [0.3, 0.4) is 0 Å². The highest BCUT2D eigenvalue weighted by molar-refractivity contribution is 5.69. The lowest BCUT2D eigenvalue weighted by molar-refractivity contribution is 0.666. The van der Waals surface area contributed by atoms with Gasteiger partial charge in [0, 0.05) is 31.1 Å². The van der Waals surface area contributed by atoms with Gasteiger partial charge in [0.1, 0.15) is 5.82 Å². The number of aromatic amines is 1. The van der Waals surface area contributed by atoms with Gasteiger partial charge in [-0.15, -0.1) is 5.10 Å². The van der Waals surface area contributed by atoms with Crippen molar-refractivity contribution in [1.29, 1.82) is 0 Å². The van der Waals surface area contributed by atoms with Gasteiger partial charge >= 0.3 is 0 Å². The Labute approximate surface area is 164 Å². The number of nitrogens with one attached hydrogen (secondary N) is 1. The van der Waals surface area contributed by atoms with Crippen LogP contribution in [-0.4, -0.2) is 27.2 Å². The van der Waals surface area contributed by atoms with Crippen LogP contribution in [0.5, 0.6) is 0 Å². The van der Waals surface area contributed by atoms with Crippen LogP contribution in [0.2, 0.25) is 0 Å². The van der Waals surface area contributed by atoms with Gasteiger partial charge < -0.3 is 4.90 Å². The number of tetrazole rings is 1. The number of para-hydroxylation sites is 1. The highest BCUT2D eigenvalue weighted by Crippen LogP contribution is 2.39. The molecule has 1 aliphatic heterocycles. The number of rotatable bonds is 5. The third kappa shape index (κ3) is 3.16. The fraction of sp³-hybridized carbons (Fsp3) is 0.174. The summed E-state index contributed by atoms with van der Waals surface area (Å²) < 4.78 is 0. The van der Waals surface area contributed by atoms with Crippen molar-refractivity contribution < 1.29 is 0 Å². The van der Waals surface area contributed by atoms with Crippen molar-refractivity contribution in [1.82, 2.24) is 20.6 Å². The number of hydrogen-bond acceptors (Lipinski definition) is 4. The van der Waals surface area contributed by atoms with E-state index in [4.69, 9.17) is 0 Å². The second kappa shape index (κ2) is 7.27. The fourth-order valence-corrected chi connectivity index (χ4v) is 4.17. The van der Waals surface area contributed by atoms with E-state index >= 15 is 0 Å². The maximum Gasteiger partial charge on any atom is 0.149 e. The summed E-state index contributed by atoms with van der Waals surface area (Å²) in [6.07, 6.45) is 0.820. The van der Waals surface area contributed by atoms with Gasteiger partial charge in [-0.25, -0.2) is 5.10 Å². The third-order valence-electron chi connectivity index (χ3n) is 5.45. The van der Waals surface area contributed by atoms with E-state index in [-0.39, 0.29) is 0 Å². The van der Waals surface area contributed by atoms with E-state index in [1.807, 2.05) is 0 Å². The van der Waals surface area contributed by atoms with E-state index < -0.39 is 0 Å². The summed E-state index contributed by atoms with van der Waals surface area (Å²) in [7, 11) is 0. The lowest BCUT2D eigenvalue weighted by Crippen LogP contribution is -2.22. The SMILES string of the molecule is c1ccc(-c2ccccc2CN2CC(Cc3nnn[nH]3)c3ccccc32)cc1. The van der Waals surface area contributed by atoms with Crippen molar-refractivity contribution in [3.05, 3.63) is 95.8 Å². The van der Waals surface area contributed by atoms with Gasteiger partial charge in [0.15, 0.2) is 0 Å². The molecule has 0 fully saturated rings. The molecule has 5 heteroatoms. The zero-order valence-electron chi connectivity index (χ0n) is 15.5. The molecule has 28 heavy (non-hydrogen) atoms. The maximum absolute atomic E-state index is 4.08. The number of nitrogens with zero attached hydrogens (tertiary/aromatic N) is 4. The summed E-state index contributed by atoms with van der Waals surface area (Å²) >= 11 is 0. The minimum Gasteiger partial charge on any atom is -0.366 e. The molecule has 0 radical (unpaired) electrons. The largest absolute Gasteiger partial charge is 0.366 e. The quantitative estimate of drug-likeness (QED) is 0.574. The van der Waals surface area contributed by atoms with Gasteiger partial charge in [0.25, 0.3) is 0 Å². The van der Waals surface area contributed by atoms with E-state index in [0.29, 0.717) is 5.92 Å². The van der Waals surface area contributed by atoms with E-state index in [9.17, 15) is 0 Å². The van der Waals surface area contributed by atoms with Gasteiger partial charge in [0.05, 0.1) is 0 Å². The molecule has 4 aromatic rings. The van der Waals surface area contributed by atoms with Crippen molar-refractivity contribution in [2.45, 2.75) is 18.9 Å². The zero-order chi connectivity index (χ0) is 18.8. The van der Waals surface area contributed by atoms with Crippen LogP contribution in [0.1, 0.15) is 22.9 Å². The molecule has 0 aliphatic carbocycles. The first-order chi connectivity index (χ1) is 13.9. The number of aromatic nitrogens is 4. The molecule has 5 rings (SSSR count). The van der Waals surface area contributed by atoms with Crippen molar-refractivity contribution in [2.24, 2.45) is 0 Å². The predicted molar refractivity (Wildman–Crippen MR) is 110 cm³/mol. The van der Waals surface area contributed by atoms with Crippen LogP contribution >= 0.6 is 0 Å². The van der Waals surface area contributed by atoms with Crippen molar-refractivity contribution in [3.8, 4) is 11.1 Å². The molecular weight excluding hydrogens is 346 g/mol. The van der Waals surface area contributed by atoms with Crippen LogP contribution in [0.15, 0.2) is 78.9 Å². The van der Waals surface area contributed by atoms with Crippen LogP contribution in [0, 0.1) is 0 Å². The predicted octanol–water partition coefficient (Wildman–Crippen LogP) is 4.21. The van der Waals surface area contributed by atoms with Gasteiger partial charge in [-0.3, -0.25) is 0 Å². The normalized spacial score (nSPS) is 15.6. The first-order valence-electron chi connectivity index (χ1n) is 9.58. The molecule has 2 heterocycles. The molecule has 0 amide bonds. The topological polar surface area (TPSA) is 57.7 Å². The first-order valence-corrected chi connectivity index (χ1v) is 9.58. The first kappa shape index (κ1) is 16.7. The van der Waals surface area contributed by atoms with Gasteiger partial charge in [-0.2, -0.15) is 0 Å². The Morgan fingerprint density at radius 3 is 2.54 bits per heavy atom. The van der Waals surface area contributed by atoms with Crippen LogP contribution < -0.4 is 4.90 Å². The Kier molecular flexibility index (Phi) is 4.33. The highest BCUT2D eigenvalue weighted by Gasteiger charge is 2.29. The second-order valence-corrected chi connectivity index (χ2v) is 7.21. The third-order valence-corrected chi connectivity index (χ3v) is 5.45. The van der Waals surface area contributed by atoms with Gasteiger partial charge in [-0.05, 0) is 38.7 Å². The number of H-pyrrole nitrogens is 1. The standard InChI is InChI=1S/C23H21N5/c1-2-8-17(9-3-1)20-11-5-4-10-18(20)15-28-16-19(14-23-24-26-27-25-23)21-12-6-7-13-22(21)28/h1-13,19H,14-16H2,(H,24,25,26,27). The van der Waals surface area contributed by atoms with E-state index in [0.717, 1.165) is 25.3 Å². The molecule has 138 valence electrons. The number of anilines is 1. The molecule has 0 bridgehead atoms. The van der Waals surface area contributed by atoms with Crippen LogP contribution in [0.25, 0.3) is 11.1 Å². The minimum absolute atomic E-state index is 0.384. The molecule has 1 N–H and O–H groups in total. The molecule has 1 aliphatic rings. The van der Waals surface area contributed by atoms with Crippen molar-refractivity contribution >= 4 is 5.69 Å². The molecule has 3 aromatic carbocycles. The fourth-order valence-electron chi connectivity index (χ4n) is 4.17. The molecule has 1 unspecified atom stereocenters. The van der Waals surface area contributed by atoms with Crippen LogP contribution in [0.4, 0.5) is 5.69 Å². The van der Waals surface area contributed by atoms with Crippen molar-refractivity contribution in [3.63, 3.8) is 0 Å².